The third kappa shape index (κ3) is 3.24. The summed E-state index contributed by atoms with van der Waals surface area (Å²) in [4.78, 5) is 2.22. The van der Waals surface area contributed by atoms with E-state index in [4.69, 9.17) is 27.7 Å². The highest BCUT2D eigenvalue weighted by atomic mass is 35.5. The van der Waals surface area contributed by atoms with E-state index in [1.165, 1.54) is 0 Å². The summed E-state index contributed by atoms with van der Waals surface area (Å²) in [5.41, 5.74) is 1.61. The van der Waals surface area contributed by atoms with Crippen LogP contribution in [-0.4, -0.2) is 34.4 Å². The van der Waals surface area contributed by atoms with Gasteiger partial charge in [-0.05, 0) is 31.5 Å². The van der Waals surface area contributed by atoms with Crippen molar-refractivity contribution in [2.45, 2.75) is 25.4 Å². The Kier molecular flexibility index (Phi) is 4.50. The molecule has 1 fully saturated rings. The van der Waals surface area contributed by atoms with Crippen molar-refractivity contribution < 1.29 is 9.63 Å². The first-order chi connectivity index (χ1) is 10.2. The zero-order valence-corrected chi connectivity index (χ0v) is 12.9. The lowest BCUT2D eigenvalue weighted by molar-refractivity contribution is 0.143. The van der Waals surface area contributed by atoms with Crippen molar-refractivity contribution in [3.63, 3.8) is 0 Å². The first-order valence-electron chi connectivity index (χ1n) is 6.93. The van der Waals surface area contributed by atoms with Crippen molar-refractivity contribution in [3.8, 4) is 11.3 Å². The lowest BCUT2D eigenvalue weighted by atomic mass is 10.1. The number of hydrogen-bond donors (Lipinski definition) is 1. The summed E-state index contributed by atoms with van der Waals surface area (Å²) in [5, 5.41) is 14.4. The van der Waals surface area contributed by atoms with E-state index in [-0.39, 0.29) is 12.6 Å². The van der Waals surface area contributed by atoms with Gasteiger partial charge in [-0.15, -0.1) is 0 Å². The molecule has 0 aliphatic carbocycles. The summed E-state index contributed by atoms with van der Waals surface area (Å²) in [7, 11) is 0. The molecule has 2 aromatic rings. The Balaban J connectivity index is 1.75. The maximum absolute atomic E-state index is 9.34. The Morgan fingerprint density at radius 3 is 2.90 bits per heavy atom. The zero-order chi connectivity index (χ0) is 14.8. The second-order valence-electron chi connectivity index (χ2n) is 5.26. The Morgan fingerprint density at radius 1 is 1.29 bits per heavy atom. The van der Waals surface area contributed by atoms with Crippen LogP contribution in [0.15, 0.2) is 28.8 Å². The van der Waals surface area contributed by atoms with E-state index in [2.05, 4.69) is 10.1 Å². The van der Waals surface area contributed by atoms with E-state index in [0.29, 0.717) is 16.6 Å². The lowest BCUT2D eigenvalue weighted by Gasteiger charge is -2.20. The number of rotatable bonds is 4. The monoisotopic (exact) mass is 326 g/mol. The van der Waals surface area contributed by atoms with Crippen molar-refractivity contribution in [3.05, 3.63) is 40.1 Å². The summed E-state index contributed by atoms with van der Waals surface area (Å²) in [5.74, 6) is 0.788. The van der Waals surface area contributed by atoms with Gasteiger partial charge in [-0.3, -0.25) is 4.90 Å². The molecule has 0 saturated carbocycles. The standard InChI is InChI=1S/C15H16Cl2N2O2/c16-13-4-3-10(6-14(13)17)15-7-12(21-18-15)8-19-5-1-2-11(19)9-20/h3-4,6-7,11,20H,1-2,5,8-9H2. The maximum Gasteiger partial charge on any atom is 0.151 e. The van der Waals surface area contributed by atoms with Crippen molar-refractivity contribution >= 4 is 23.2 Å². The highest BCUT2D eigenvalue weighted by Crippen LogP contribution is 2.29. The molecule has 1 unspecified atom stereocenters. The van der Waals surface area contributed by atoms with Gasteiger partial charge in [0.15, 0.2) is 5.76 Å². The summed E-state index contributed by atoms with van der Waals surface area (Å²) >= 11 is 11.9. The predicted molar refractivity (Wildman–Crippen MR) is 82.5 cm³/mol. The summed E-state index contributed by atoms with van der Waals surface area (Å²) in [6.45, 7) is 1.83. The number of nitrogens with zero attached hydrogens (tertiary/aromatic N) is 2. The zero-order valence-electron chi connectivity index (χ0n) is 11.4. The third-order valence-corrected chi connectivity index (χ3v) is 4.58. The molecule has 4 nitrogen and oxygen atoms in total. The molecule has 0 amide bonds. The van der Waals surface area contributed by atoms with Crippen LogP contribution in [0.4, 0.5) is 0 Å². The van der Waals surface area contributed by atoms with Crippen LogP contribution in [0.1, 0.15) is 18.6 Å². The number of aromatic nitrogens is 1. The van der Waals surface area contributed by atoms with Gasteiger partial charge in [0.2, 0.25) is 0 Å². The molecule has 1 aliphatic heterocycles. The van der Waals surface area contributed by atoms with Gasteiger partial charge in [0.1, 0.15) is 5.69 Å². The molecule has 0 bridgehead atoms. The summed E-state index contributed by atoms with van der Waals surface area (Å²) in [6.07, 6.45) is 2.14. The number of hydrogen-bond acceptors (Lipinski definition) is 4. The molecule has 2 heterocycles. The number of benzene rings is 1. The Bertz CT molecular complexity index is 630. The van der Waals surface area contributed by atoms with Crippen molar-refractivity contribution in [2.24, 2.45) is 0 Å². The summed E-state index contributed by atoms with van der Waals surface area (Å²) < 4.78 is 5.39. The van der Waals surface area contributed by atoms with Gasteiger partial charge in [0.05, 0.1) is 23.2 Å². The fourth-order valence-electron chi connectivity index (χ4n) is 2.69. The largest absolute Gasteiger partial charge is 0.395 e. The van der Waals surface area contributed by atoms with Crippen LogP contribution in [0.3, 0.4) is 0 Å². The molecule has 6 heteroatoms. The van der Waals surface area contributed by atoms with Crippen LogP contribution in [0, 0.1) is 0 Å². The SMILES string of the molecule is OCC1CCCN1Cc1cc(-c2ccc(Cl)c(Cl)c2)no1. The molecule has 1 N–H and O–H groups in total. The number of aliphatic hydroxyl groups excluding tert-OH is 1. The molecule has 3 rings (SSSR count). The van der Waals surface area contributed by atoms with E-state index < -0.39 is 0 Å². The molecular weight excluding hydrogens is 311 g/mol. The first-order valence-corrected chi connectivity index (χ1v) is 7.69. The van der Waals surface area contributed by atoms with E-state index in [1.807, 2.05) is 12.1 Å². The van der Waals surface area contributed by atoms with E-state index in [9.17, 15) is 5.11 Å². The fraction of sp³-hybridized carbons (Fsp3) is 0.400. The van der Waals surface area contributed by atoms with Gasteiger partial charge < -0.3 is 9.63 Å². The molecule has 1 aromatic heterocycles. The third-order valence-electron chi connectivity index (χ3n) is 3.84. The smallest absolute Gasteiger partial charge is 0.151 e. The molecule has 1 aliphatic rings. The second kappa shape index (κ2) is 6.36. The van der Waals surface area contributed by atoms with Gasteiger partial charge in [-0.25, -0.2) is 0 Å². The van der Waals surface area contributed by atoms with Crippen LogP contribution in [-0.2, 0) is 6.54 Å². The fourth-order valence-corrected chi connectivity index (χ4v) is 2.99. The van der Waals surface area contributed by atoms with Crippen molar-refractivity contribution in [1.82, 2.24) is 10.1 Å². The van der Waals surface area contributed by atoms with Gasteiger partial charge in [-0.2, -0.15) is 0 Å². The average molecular weight is 327 g/mol. The van der Waals surface area contributed by atoms with Gasteiger partial charge in [-0.1, -0.05) is 34.4 Å². The molecular formula is C15H16Cl2N2O2. The van der Waals surface area contributed by atoms with Crippen LogP contribution in [0.25, 0.3) is 11.3 Å². The van der Waals surface area contributed by atoms with Gasteiger partial charge >= 0.3 is 0 Å². The highest BCUT2D eigenvalue weighted by molar-refractivity contribution is 6.42. The van der Waals surface area contributed by atoms with Crippen molar-refractivity contribution in [2.75, 3.05) is 13.2 Å². The Labute approximate surface area is 133 Å². The van der Waals surface area contributed by atoms with E-state index in [0.717, 1.165) is 36.4 Å². The van der Waals surface area contributed by atoms with Crippen LogP contribution in [0.2, 0.25) is 10.0 Å². The molecule has 21 heavy (non-hydrogen) atoms. The molecule has 112 valence electrons. The summed E-state index contributed by atoms with van der Waals surface area (Å²) in [6, 6.07) is 7.52. The minimum Gasteiger partial charge on any atom is -0.395 e. The topological polar surface area (TPSA) is 49.5 Å². The lowest BCUT2D eigenvalue weighted by Crippen LogP contribution is -2.31. The predicted octanol–water partition coefficient (Wildman–Crippen LogP) is 3.61. The minimum absolute atomic E-state index is 0.188. The number of likely N-dealkylation sites (tertiary alicyclic amines) is 1. The molecule has 1 saturated heterocycles. The van der Waals surface area contributed by atoms with Crippen LogP contribution in [0.5, 0.6) is 0 Å². The van der Waals surface area contributed by atoms with Crippen LogP contribution >= 0.6 is 23.2 Å². The maximum atomic E-state index is 9.34. The van der Waals surface area contributed by atoms with E-state index in [1.54, 1.807) is 12.1 Å². The highest BCUT2D eigenvalue weighted by Gasteiger charge is 2.24. The molecule has 0 radical (unpaired) electrons. The molecule has 1 aromatic carbocycles. The minimum atomic E-state index is 0.188. The first kappa shape index (κ1) is 14.9. The molecule has 0 spiro atoms. The van der Waals surface area contributed by atoms with Gasteiger partial charge in [0.25, 0.3) is 0 Å². The van der Waals surface area contributed by atoms with E-state index >= 15 is 0 Å². The van der Waals surface area contributed by atoms with Gasteiger partial charge in [0, 0.05) is 17.7 Å². The number of aliphatic hydroxyl groups is 1. The number of halogens is 2. The average Bonchev–Trinajstić information content (AvgIpc) is 3.11. The quantitative estimate of drug-likeness (QED) is 0.932. The van der Waals surface area contributed by atoms with Crippen LogP contribution < -0.4 is 0 Å². The molecule has 1 atom stereocenters. The normalized spacial score (nSPS) is 19.3. The second-order valence-corrected chi connectivity index (χ2v) is 6.07. The Hall–Kier alpha value is -1.07. The van der Waals surface area contributed by atoms with Crippen molar-refractivity contribution in [1.29, 1.82) is 0 Å². The Morgan fingerprint density at radius 2 is 2.14 bits per heavy atom.